The van der Waals surface area contributed by atoms with E-state index in [1.807, 2.05) is 90.8 Å². The molecule has 1 aliphatic heterocycles. The lowest BCUT2D eigenvalue weighted by Crippen LogP contribution is -2.61. The largest absolute Gasteiger partial charge is 0.480 e. The second-order valence-corrected chi connectivity index (χ2v) is 25.4. The fraction of sp³-hybridized carbons (Fsp3) is 0.657. The van der Waals surface area contributed by atoms with Crippen molar-refractivity contribution < 1.29 is 43.3 Å². The Kier molecular flexibility index (Phi) is 30.9. The zero-order valence-corrected chi connectivity index (χ0v) is 54.9. The number of carbonyl (C=O) groups excluding carboxylic acids is 4. The normalized spacial score (nSPS) is 18.2. The molecule has 14 atom stereocenters. The van der Waals surface area contributed by atoms with E-state index in [4.69, 9.17) is 37.1 Å². The molecule has 1 aliphatic rings. The quantitative estimate of drug-likeness (QED) is 0.0252. The molecule has 13 N–H and O–H groups in total. The number of aliphatic carboxylic acids is 1. The summed E-state index contributed by atoms with van der Waals surface area (Å²) < 4.78 is 18.2. The maximum absolute atomic E-state index is 14.7. The van der Waals surface area contributed by atoms with E-state index in [0.29, 0.717) is 31.7 Å². The number of rotatable bonds is 38. The summed E-state index contributed by atoms with van der Waals surface area (Å²) in [4.78, 5) is 71.1. The van der Waals surface area contributed by atoms with Gasteiger partial charge < -0.3 is 73.3 Å². The number of nitrogens with zero attached hydrogens (tertiary/aromatic N) is 3. The van der Waals surface area contributed by atoms with Crippen molar-refractivity contribution in [2.24, 2.45) is 70.3 Å². The van der Waals surface area contributed by atoms with Gasteiger partial charge in [0.1, 0.15) is 12.6 Å². The number of nitrogens with one attached hydrogen (secondary N) is 4. The topological polar surface area (TPSA) is 295 Å². The second-order valence-electron chi connectivity index (χ2n) is 25.4. The number of urea groups is 1. The first-order chi connectivity index (χ1) is 41.3. The summed E-state index contributed by atoms with van der Waals surface area (Å²) in [5.74, 6) is -1.70. The summed E-state index contributed by atoms with van der Waals surface area (Å²) in [7, 11) is 9.07. The van der Waals surface area contributed by atoms with Crippen LogP contribution in [0.1, 0.15) is 118 Å². The monoisotopic (exact) mass is 1210 g/mol. The van der Waals surface area contributed by atoms with Gasteiger partial charge in [-0.1, -0.05) is 123 Å². The number of hydrogen-bond acceptors (Lipinski definition) is 14. The number of likely N-dealkylation sites (tertiary alicyclic amines) is 1. The molecule has 20 nitrogen and oxygen atoms in total. The van der Waals surface area contributed by atoms with Gasteiger partial charge in [0, 0.05) is 101 Å². The van der Waals surface area contributed by atoms with Gasteiger partial charge in [0.05, 0.1) is 30.6 Å². The number of carboxylic acids is 1. The Morgan fingerprint density at radius 1 is 0.782 bits per heavy atom. The van der Waals surface area contributed by atoms with E-state index in [0.717, 1.165) is 61.0 Å². The van der Waals surface area contributed by atoms with Crippen LogP contribution in [0.25, 0.3) is 0 Å². The van der Waals surface area contributed by atoms with Crippen molar-refractivity contribution in [2.75, 3.05) is 71.8 Å². The lowest BCUT2D eigenvalue weighted by molar-refractivity contribution is -0.145. The predicted molar refractivity (Wildman–Crippen MR) is 348 cm³/mol. The number of likely N-dealkylation sites (N-methyl/N-ethyl adjacent to an activating group) is 1. The molecule has 1 fully saturated rings. The van der Waals surface area contributed by atoms with Gasteiger partial charge in [-0.05, 0) is 123 Å². The number of benzene rings is 3. The van der Waals surface area contributed by atoms with Crippen LogP contribution in [0.3, 0.4) is 0 Å². The number of amides is 5. The van der Waals surface area contributed by atoms with Crippen LogP contribution in [0.15, 0.2) is 78.9 Å². The number of ether oxygens (including phenoxy) is 3. The van der Waals surface area contributed by atoms with Crippen LogP contribution in [-0.4, -0.2) is 161 Å². The predicted octanol–water partition coefficient (Wildman–Crippen LogP) is 7.45. The van der Waals surface area contributed by atoms with Crippen molar-refractivity contribution in [3.8, 4) is 0 Å². The van der Waals surface area contributed by atoms with Gasteiger partial charge >= 0.3 is 18.1 Å². The van der Waals surface area contributed by atoms with Gasteiger partial charge in [0.15, 0.2) is 0 Å². The molecule has 5 amide bonds. The molecule has 3 aromatic rings. The highest BCUT2D eigenvalue weighted by Crippen LogP contribution is 2.37. The molecule has 20 heteroatoms. The highest BCUT2D eigenvalue weighted by atomic mass is 16.6. The summed E-state index contributed by atoms with van der Waals surface area (Å²) in [6.07, 6.45) is 3.15. The zero-order valence-electron chi connectivity index (χ0n) is 54.9. The van der Waals surface area contributed by atoms with Crippen LogP contribution in [-0.2, 0) is 48.0 Å². The third kappa shape index (κ3) is 21.7. The molecule has 488 valence electrons. The third-order valence-corrected chi connectivity index (χ3v) is 18.5. The number of carbonyl (C=O) groups is 5. The van der Waals surface area contributed by atoms with Crippen LogP contribution in [0.2, 0.25) is 0 Å². The van der Waals surface area contributed by atoms with Crippen molar-refractivity contribution >= 4 is 41.3 Å². The molecule has 0 aromatic heterocycles. The lowest BCUT2D eigenvalue weighted by Gasteiger charge is -2.48. The minimum atomic E-state index is -1.13. The van der Waals surface area contributed by atoms with E-state index in [1.165, 1.54) is 4.90 Å². The van der Waals surface area contributed by atoms with Gasteiger partial charge in [-0.2, -0.15) is 0 Å². The summed E-state index contributed by atoms with van der Waals surface area (Å²) in [6, 6.07) is 22.0. The molecule has 3 unspecified atom stereocenters. The van der Waals surface area contributed by atoms with E-state index >= 15 is 0 Å². The molecule has 0 bridgehead atoms. The molecule has 0 aliphatic carbocycles. The van der Waals surface area contributed by atoms with Crippen LogP contribution in [0.5, 0.6) is 0 Å². The van der Waals surface area contributed by atoms with Gasteiger partial charge in [0.25, 0.3) is 0 Å². The van der Waals surface area contributed by atoms with E-state index < -0.39 is 54.2 Å². The average Bonchev–Trinajstić information content (AvgIpc) is 3.78. The lowest BCUT2D eigenvalue weighted by atomic mass is 9.68. The standard InChI is InChI=1S/C67H111N11O9/c1-15-44(8)57(54(85-13)38-55(79)78-35-20-24-53(78)63(86-14)45(9)64(80)75-52(65(81)82)37-47-21-17-16-18-22-47)61(72-10)56(41(2)3)60(70)62(43(6)7)76(11)36-33-46-27-31-51(32-28-46)77(12)67(84)87-40-48-25-29-50(30-26-48)74-39-49(23-19-34-73-66(71)83)59(69)58(68)42(4)5/h16-18,21-22,25-32,41-45,49,52-54,56-63,72,74H,15,19-20,23-24,33-40,68-70H2,1-14H3,(H,75,80)(H,81,82)(H3,71,73,83)/t44-,45+,49-,52-,53-,54+,56-,57+,58-,59?,60?,61?,62-,63+/m0/s1. The third-order valence-electron chi connectivity index (χ3n) is 18.5. The van der Waals surface area contributed by atoms with Crippen LogP contribution >= 0.6 is 0 Å². The first-order valence-corrected chi connectivity index (χ1v) is 31.7. The molecule has 0 spiro atoms. The van der Waals surface area contributed by atoms with Gasteiger partial charge in [-0.25, -0.2) is 14.4 Å². The highest BCUT2D eigenvalue weighted by Gasteiger charge is 2.46. The maximum atomic E-state index is 14.7. The van der Waals surface area contributed by atoms with Crippen LogP contribution in [0.4, 0.5) is 21.0 Å². The number of nitrogens with two attached hydrogens (primary N) is 4. The molecule has 3 aromatic carbocycles. The fourth-order valence-corrected chi connectivity index (χ4v) is 13.2. The first-order valence-electron chi connectivity index (χ1n) is 31.7. The van der Waals surface area contributed by atoms with E-state index in [9.17, 15) is 29.1 Å². The van der Waals surface area contributed by atoms with Crippen molar-refractivity contribution in [3.05, 3.63) is 95.6 Å². The van der Waals surface area contributed by atoms with E-state index in [-0.39, 0.29) is 97.0 Å². The molecule has 1 heterocycles. The Hall–Kier alpha value is -5.87. The van der Waals surface area contributed by atoms with Crippen molar-refractivity contribution in [1.29, 1.82) is 0 Å². The average molecular weight is 1210 g/mol. The number of anilines is 2. The van der Waals surface area contributed by atoms with Gasteiger partial charge in [-0.3, -0.25) is 14.5 Å². The van der Waals surface area contributed by atoms with Crippen molar-refractivity contribution in [3.63, 3.8) is 0 Å². The summed E-state index contributed by atoms with van der Waals surface area (Å²) >= 11 is 0. The molecular weight excluding hydrogens is 1100 g/mol. The van der Waals surface area contributed by atoms with Crippen LogP contribution in [0, 0.1) is 47.3 Å². The minimum Gasteiger partial charge on any atom is -0.480 e. The number of primary amides is 1. The molecule has 0 saturated carbocycles. The number of hydrogen-bond donors (Lipinski definition) is 9. The maximum Gasteiger partial charge on any atom is 0.414 e. The Bertz CT molecular complexity index is 2530. The Morgan fingerprint density at radius 3 is 1.98 bits per heavy atom. The molecule has 87 heavy (non-hydrogen) atoms. The molecule has 0 radical (unpaired) electrons. The number of carboxylic acid groups (broad SMARTS) is 1. The molecule has 1 saturated heterocycles. The first kappa shape index (κ1) is 73.6. The van der Waals surface area contributed by atoms with E-state index in [2.05, 4.69) is 88.6 Å². The summed E-state index contributed by atoms with van der Waals surface area (Å²) in [6.45, 7) is 21.6. The summed E-state index contributed by atoms with van der Waals surface area (Å²) in [5.41, 5.74) is 30.3. The van der Waals surface area contributed by atoms with Crippen LogP contribution < -0.4 is 49.1 Å². The molecular formula is C67H111N11O9. The highest BCUT2D eigenvalue weighted by molar-refractivity contribution is 5.87. The smallest absolute Gasteiger partial charge is 0.414 e. The Morgan fingerprint density at radius 2 is 1.43 bits per heavy atom. The Labute approximate surface area is 520 Å². The molecule has 4 rings (SSSR count). The van der Waals surface area contributed by atoms with Crippen molar-refractivity contribution in [2.45, 2.75) is 175 Å². The summed E-state index contributed by atoms with van der Waals surface area (Å²) in [5, 5.41) is 22.7. The fourth-order valence-electron chi connectivity index (χ4n) is 13.2. The Balaban J connectivity index is 1.39. The number of methoxy groups -OCH3 is 2. The SMILES string of the molecule is CC[C@H](C)[C@@H](C(NC)[C@@H](C(C)C)C(N)[C@H](C(C)C)N(C)CCc1ccc(N(C)C(=O)OCc2ccc(NC[C@H](CCCNC(N)=O)C(N)[C@@H](N)C(C)C)cc2)cc1)[C@@H](CC(=O)N1CCC[C@H]1[C@H](OC)[C@@H](C)C(=O)N[C@@H](Cc1ccccc1)C(=O)O)OC. The van der Waals surface area contributed by atoms with Gasteiger partial charge in [-0.15, -0.1) is 0 Å². The minimum absolute atomic E-state index is 0.000503. The van der Waals surface area contributed by atoms with Crippen molar-refractivity contribution in [1.82, 2.24) is 25.8 Å². The van der Waals surface area contributed by atoms with E-state index in [1.54, 1.807) is 28.2 Å². The second kappa shape index (κ2) is 36.6. The zero-order chi connectivity index (χ0) is 64.7. The van der Waals surface area contributed by atoms with Gasteiger partial charge in [0.2, 0.25) is 11.8 Å².